The summed E-state index contributed by atoms with van der Waals surface area (Å²) in [5, 5.41) is 5.78. The van der Waals surface area contributed by atoms with Crippen LogP contribution in [0.2, 0.25) is 0 Å². The smallest absolute Gasteiger partial charge is 0.131 e. The molecule has 90 valence electrons. The van der Waals surface area contributed by atoms with E-state index in [1.165, 1.54) is 23.5 Å². The highest BCUT2D eigenvalue weighted by Gasteiger charge is 2.18. The van der Waals surface area contributed by atoms with Gasteiger partial charge in [-0.15, -0.1) is 11.3 Å². The van der Waals surface area contributed by atoms with E-state index in [0.29, 0.717) is 5.56 Å². The fraction of sp³-hybridized carbons (Fsp3) is 0.250. The van der Waals surface area contributed by atoms with E-state index in [4.69, 9.17) is 0 Å². The van der Waals surface area contributed by atoms with Crippen LogP contribution in [0.1, 0.15) is 22.3 Å². The summed E-state index contributed by atoms with van der Waals surface area (Å²) < 4.78 is 26.5. The average molecular weight is 254 g/mol. The molecule has 1 aromatic heterocycles. The maximum absolute atomic E-state index is 13.7. The van der Waals surface area contributed by atoms with Gasteiger partial charge in [0.2, 0.25) is 0 Å². The zero-order valence-corrected chi connectivity index (χ0v) is 10.3. The zero-order valence-electron chi connectivity index (χ0n) is 9.50. The molecule has 1 heterocycles. The van der Waals surface area contributed by atoms with Crippen LogP contribution < -0.4 is 5.32 Å². The maximum atomic E-state index is 13.7. The minimum Gasteiger partial charge on any atom is -0.308 e. The Morgan fingerprint density at radius 2 is 2.12 bits per heavy atom. The molecule has 2 nitrogen and oxygen atoms in total. The van der Waals surface area contributed by atoms with E-state index in [1.807, 2.05) is 12.3 Å². The van der Waals surface area contributed by atoms with Gasteiger partial charge in [-0.2, -0.15) is 0 Å². The van der Waals surface area contributed by atoms with Crippen LogP contribution in [-0.2, 0) is 0 Å². The third kappa shape index (κ3) is 2.50. The molecule has 0 saturated carbocycles. The number of aryl methyl sites for hydroxylation is 1. The number of aromatic nitrogens is 1. The first-order valence-electron chi connectivity index (χ1n) is 5.16. The van der Waals surface area contributed by atoms with Crippen LogP contribution in [0.5, 0.6) is 0 Å². The average Bonchev–Trinajstić information content (AvgIpc) is 2.69. The van der Waals surface area contributed by atoms with E-state index >= 15 is 0 Å². The van der Waals surface area contributed by atoms with Gasteiger partial charge < -0.3 is 5.32 Å². The summed E-state index contributed by atoms with van der Waals surface area (Å²) in [5.41, 5.74) is 1.15. The Morgan fingerprint density at radius 3 is 2.65 bits per heavy atom. The minimum absolute atomic E-state index is 0.347. The van der Waals surface area contributed by atoms with Crippen molar-refractivity contribution in [3.05, 3.63) is 51.5 Å². The van der Waals surface area contributed by atoms with Gasteiger partial charge in [-0.3, -0.25) is 0 Å². The number of thiazole rings is 1. The Kier molecular flexibility index (Phi) is 3.49. The molecular weight excluding hydrogens is 242 g/mol. The highest BCUT2D eigenvalue weighted by Crippen LogP contribution is 2.25. The summed E-state index contributed by atoms with van der Waals surface area (Å²) in [5.74, 6) is -1.13. The first-order chi connectivity index (χ1) is 8.11. The van der Waals surface area contributed by atoms with Gasteiger partial charge in [-0.25, -0.2) is 13.8 Å². The third-order valence-corrected chi connectivity index (χ3v) is 3.29. The van der Waals surface area contributed by atoms with Crippen molar-refractivity contribution in [2.45, 2.75) is 13.0 Å². The Balaban J connectivity index is 2.42. The van der Waals surface area contributed by atoms with E-state index < -0.39 is 11.6 Å². The Hall–Kier alpha value is -1.33. The lowest BCUT2D eigenvalue weighted by molar-refractivity contribution is 0.548. The molecule has 0 radical (unpaired) electrons. The molecule has 0 aliphatic heterocycles. The summed E-state index contributed by atoms with van der Waals surface area (Å²) in [7, 11) is 1.72. The Morgan fingerprint density at radius 1 is 1.35 bits per heavy atom. The van der Waals surface area contributed by atoms with Crippen molar-refractivity contribution in [1.29, 1.82) is 0 Å². The van der Waals surface area contributed by atoms with Crippen LogP contribution >= 0.6 is 11.3 Å². The van der Waals surface area contributed by atoms with E-state index in [0.717, 1.165) is 16.8 Å². The fourth-order valence-corrected chi connectivity index (χ4v) is 2.35. The molecule has 1 aromatic carbocycles. The molecule has 2 aromatic rings. The molecule has 0 aliphatic carbocycles. The van der Waals surface area contributed by atoms with E-state index in [9.17, 15) is 8.78 Å². The second-order valence-corrected chi connectivity index (χ2v) is 4.74. The van der Waals surface area contributed by atoms with Crippen molar-refractivity contribution in [3.8, 4) is 0 Å². The molecule has 0 spiro atoms. The van der Waals surface area contributed by atoms with Crippen molar-refractivity contribution in [2.24, 2.45) is 0 Å². The van der Waals surface area contributed by atoms with Crippen LogP contribution in [0.3, 0.4) is 0 Å². The number of halogens is 2. The Bertz CT molecular complexity index is 525. The van der Waals surface area contributed by atoms with Crippen LogP contribution in [-0.4, -0.2) is 12.0 Å². The summed E-state index contributed by atoms with van der Waals surface area (Å²) >= 11 is 1.50. The van der Waals surface area contributed by atoms with Crippen LogP contribution in [0.4, 0.5) is 8.78 Å². The van der Waals surface area contributed by atoms with Gasteiger partial charge in [0, 0.05) is 17.0 Å². The lowest BCUT2D eigenvalue weighted by Gasteiger charge is -2.15. The molecule has 2 rings (SSSR count). The van der Waals surface area contributed by atoms with Crippen LogP contribution in [0.15, 0.2) is 23.6 Å². The van der Waals surface area contributed by atoms with Gasteiger partial charge in [0.15, 0.2) is 0 Å². The fourth-order valence-electron chi connectivity index (χ4n) is 1.71. The summed E-state index contributed by atoms with van der Waals surface area (Å²) in [6.45, 7) is 1.89. The largest absolute Gasteiger partial charge is 0.308 e. The third-order valence-electron chi connectivity index (χ3n) is 2.49. The molecular formula is C12H12F2N2S. The minimum atomic E-state index is -0.574. The lowest BCUT2D eigenvalue weighted by atomic mass is 10.0. The molecule has 1 unspecified atom stereocenters. The molecule has 1 atom stereocenters. The van der Waals surface area contributed by atoms with E-state index in [2.05, 4.69) is 10.3 Å². The van der Waals surface area contributed by atoms with Crippen molar-refractivity contribution in [2.75, 3.05) is 7.05 Å². The van der Waals surface area contributed by atoms with Gasteiger partial charge in [0.05, 0.1) is 16.7 Å². The van der Waals surface area contributed by atoms with Gasteiger partial charge >= 0.3 is 0 Å². The lowest BCUT2D eigenvalue weighted by Crippen LogP contribution is -2.19. The van der Waals surface area contributed by atoms with Crippen LogP contribution in [0, 0.1) is 18.6 Å². The van der Waals surface area contributed by atoms with E-state index in [-0.39, 0.29) is 6.04 Å². The SMILES string of the molecule is CNC(c1csc(C)n1)c1ccc(F)cc1F. The second-order valence-electron chi connectivity index (χ2n) is 3.68. The number of nitrogens with one attached hydrogen (secondary N) is 1. The topological polar surface area (TPSA) is 24.9 Å². The zero-order chi connectivity index (χ0) is 12.4. The monoisotopic (exact) mass is 254 g/mol. The molecule has 0 amide bonds. The van der Waals surface area contributed by atoms with Gasteiger partial charge in [-0.1, -0.05) is 6.07 Å². The number of benzene rings is 1. The standard InChI is InChI=1S/C12H12F2N2S/c1-7-16-11(6-17-7)12(15-2)9-4-3-8(13)5-10(9)14/h3-6,12,15H,1-2H3. The van der Waals surface area contributed by atoms with Crippen molar-refractivity contribution < 1.29 is 8.78 Å². The summed E-state index contributed by atoms with van der Waals surface area (Å²) in [6, 6.07) is 3.24. The molecule has 5 heteroatoms. The molecule has 0 fully saturated rings. The molecule has 17 heavy (non-hydrogen) atoms. The normalized spacial score (nSPS) is 12.7. The number of hydrogen-bond acceptors (Lipinski definition) is 3. The van der Waals surface area contributed by atoms with Crippen molar-refractivity contribution >= 4 is 11.3 Å². The predicted octanol–water partition coefficient (Wildman–Crippen LogP) is 3.04. The Labute approximate surface area is 102 Å². The van der Waals surface area contributed by atoms with Gasteiger partial charge in [0.25, 0.3) is 0 Å². The van der Waals surface area contributed by atoms with Gasteiger partial charge in [-0.05, 0) is 20.0 Å². The molecule has 0 saturated heterocycles. The summed E-state index contributed by atoms with van der Waals surface area (Å²) in [6.07, 6.45) is 0. The highest BCUT2D eigenvalue weighted by molar-refractivity contribution is 7.09. The number of hydrogen-bond donors (Lipinski definition) is 1. The van der Waals surface area contributed by atoms with Crippen LogP contribution in [0.25, 0.3) is 0 Å². The highest BCUT2D eigenvalue weighted by atomic mass is 32.1. The first kappa shape index (κ1) is 12.1. The predicted molar refractivity (Wildman–Crippen MR) is 64.1 cm³/mol. The number of nitrogens with zero attached hydrogens (tertiary/aromatic N) is 1. The molecule has 0 bridgehead atoms. The first-order valence-corrected chi connectivity index (χ1v) is 6.04. The quantitative estimate of drug-likeness (QED) is 0.910. The van der Waals surface area contributed by atoms with E-state index in [1.54, 1.807) is 7.05 Å². The number of rotatable bonds is 3. The second kappa shape index (κ2) is 4.89. The molecule has 1 N–H and O–H groups in total. The summed E-state index contributed by atoms with van der Waals surface area (Å²) in [4.78, 5) is 4.32. The van der Waals surface area contributed by atoms with Gasteiger partial charge in [0.1, 0.15) is 11.6 Å². The molecule has 0 aliphatic rings. The van der Waals surface area contributed by atoms with Crippen molar-refractivity contribution in [3.63, 3.8) is 0 Å². The van der Waals surface area contributed by atoms with Crippen molar-refractivity contribution in [1.82, 2.24) is 10.3 Å². The maximum Gasteiger partial charge on any atom is 0.131 e.